The number of hydrogen-bond acceptors (Lipinski definition) is 6. The molecule has 9 nitrogen and oxygen atoms in total. The molecule has 0 spiro atoms. The Morgan fingerprint density at radius 1 is 1.19 bits per heavy atom. The van der Waals surface area contributed by atoms with Crippen LogP contribution < -0.4 is 5.32 Å². The number of piperazine rings is 1. The third-order valence-corrected chi connectivity index (χ3v) is 6.15. The molecule has 0 aliphatic carbocycles. The lowest BCUT2D eigenvalue weighted by Crippen LogP contribution is -2.54. The molecule has 10 heteroatoms. The summed E-state index contributed by atoms with van der Waals surface area (Å²) < 4.78 is 10.9. The molecule has 1 fully saturated rings. The second-order valence-corrected chi connectivity index (χ2v) is 8.44. The van der Waals surface area contributed by atoms with Gasteiger partial charge in [0.1, 0.15) is 5.69 Å². The second kappa shape index (κ2) is 9.17. The number of anilines is 1. The minimum atomic E-state index is -0.565. The van der Waals surface area contributed by atoms with E-state index in [1.807, 2.05) is 30.0 Å². The van der Waals surface area contributed by atoms with Crippen LogP contribution in [0.5, 0.6) is 0 Å². The van der Waals surface area contributed by atoms with Gasteiger partial charge < -0.3 is 24.4 Å². The van der Waals surface area contributed by atoms with Crippen molar-refractivity contribution in [3.8, 4) is 0 Å². The molecule has 0 radical (unpaired) electrons. The average Bonchev–Trinajstić information content (AvgIpc) is 3.46. The Kier molecular flexibility index (Phi) is 6.33. The molecule has 32 heavy (non-hydrogen) atoms. The van der Waals surface area contributed by atoms with Crippen molar-refractivity contribution >= 4 is 50.3 Å². The molecule has 4 rings (SSSR count). The molecule has 168 valence electrons. The number of rotatable bonds is 5. The highest BCUT2D eigenvalue weighted by Gasteiger charge is 2.30. The zero-order chi connectivity index (χ0) is 22.8. The second-order valence-electron chi connectivity index (χ2n) is 7.53. The van der Waals surface area contributed by atoms with Gasteiger partial charge in [-0.05, 0) is 37.3 Å². The predicted molar refractivity (Wildman–Crippen MR) is 122 cm³/mol. The van der Waals surface area contributed by atoms with E-state index in [4.69, 9.17) is 9.15 Å². The maximum Gasteiger partial charge on any atom is 0.356 e. The number of methoxy groups -OCH3 is 1. The van der Waals surface area contributed by atoms with Crippen LogP contribution in [0.3, 0.4) is 0 Å². The Balaban J connectivity index is 1.46. The molecule has 3 heterocycles. The zero-order valence-corrected chi connectivity index (χ0v) is 19.3. The number of carbonyl (C=O) groups is 3. The van der Waals surface area contributed by atoms with Crippen LogP contribution in [0.25, 0.3) is 10.9 Å². The summed E-state index contributed by atoms with van der Waals surface area (Å²) in [6, 6.07) is 8.36. The van der Waals surface area contributed by atoms with Crippen LogP contribution >= 0.6 is 15.9 Å². The van der Waals surface area contributed by atoms with Crippen LogP contribution in [0.1, 0.15) is 28.0 Å². The number of H-pyrrole nitrogens is 1. The lowest BCUT2D eigenvalue weighted by atomic mass is 10.1. The van der Waals surface area contributed by atoms with Crippen molar-refractivity contribution in [2.24, 2.45) is 0 Å². The number of ether oxygens (including phenoxy) is 1. The number of hydrogen-bond donors (Lipinski definition) is 2. The van der Waals surface area contributed by atoms with Gasteiger partial charge in [-0.25, -0.2) is 4.79 Å². The van der Waals surface area contributed by atoms with Crippen molar-refractivity contribution in [1.82, 2.24) is 14.8 Å². The highest BCUT2D eigenvalue weighted by molar-refractivity contribution is 9.10. The fourth-order valence-corrected chi connectivity index (χ4v) is 4.17. The van der Waals surface area contributed by atoms with Crippen molar-refractivity contribution in [2.75, 3.05) is 38.6 Å². The zero-order valence-electron chi connectivity index (χ0n) is 17.7. The minimum Gasteiger partial charge on any atom is -0.464 e. The normalized spacial score (nSPS) is 15.5. The molecule has 1 aliphatic rings. The first-order chi connectivity index (χ1) is 15.4. The van der Waals surface area contributed by atoms with E-state index < -0.39 is 12.0 Å². The SMILES string of the molecule is COC(=O)c1[nH]c2ccc(Br)cc2c1NC(=O)[C@@H](C)N1CCN(C(=O)c2ccco2)CC1. The maximum absolute atomic E-state index is 13.1. The largest absolute Gasteiger partial charge is 0.464 e. The number of fused-ring (bicyclic) bond motifs is 1. The van der Waals surface area contributed by atoms with Crippen LogP contribution in [0.4, 0.5) is 5.69 Å². The number of benzene rings is 1. The van der Waals surface area contributed by atoms with Gasteiger partial charge in [-0.3, -0.25) is 14.5 Å². The summed E-state index contributed by atoms with van der Waals surface area (Å²) in [5.74, 6) is -0.656. The first kappa shape index (κ1) is 22.1. The van der Waals surface area contributed by atoms with E-state index in [0.717, 1.165) is 4.47 Å². The lowest BCUT2D eigenvalue weighted by molar-refractivity contribution is -0.121. The summed E-state index contributed by atoms with van der Waals surface area (Å²) in [4.78, 5) is 44.5. The number of aromatic amines is 1. The third-order valence-electron chi connectivity index (χ3n) is 5.66. The highest BCUT2D eigenvalue weighted by Crippen LogP contribution is 2.31. The third kappa shape index (κ3) is 4.28. The number of nitrogens with zero attached hydrogens (tertiary/aromatic N) is 2. The standard InChI is InChI=1S/C22H23BrN4O5/c1-13(26-7-9-27(10-8-26)21(29)17-4-3-11-32-17)20(28)25-18-15-12-14(23)5-6-16(15)24-19(18)22(30)31-2/h3-6,11-13,24H,7-10H2,1-2H3,(H,25,28)/t13-/m1/s1. The number of amides is 2. The Morgan fingerprint density at radius 3 is 2.59 bits per heavy atom. The average molecular weight is 503 g/mol. The van der Waals surface area contributed by atoms with E-state index in [2.05, 4.69) is 26.2 Å². The molecule has 1 atom stereocenters. The van der Waals surface area contributed by atoms with Crippen LogP contribution in [0.15, 0.2) is 45.5 Å². The van der Waals surface area contributed by atoms with Crippen molar-refractivity contribution in [3.05, 3.63) is 52.5 Å². The lowest BCUT2D eigenvalue weighted by Gasteiger charge is -2.37. The summed E-state index contributed by atoms with van der Waals surface area (Å²) in [7, 11) is 1.29. The van der Waals surface area contributed by atoms with E-state index >= 15 is 0 Å². The molecule has 1 saturated heterocycles. The van der Waals surface area contributed by atoms with E-state index in [1.54, 1.807) is 17.0 Å². The van der Waals surface area contributed by atoms with Gasteiger partial charge in [0.05, 0.1) is 25.1 Å². The van der Waals surface area contributed by atoms with Crippen molar-refractivity contribution < 1.29 is 23.5 Å². The van der Waals surface area contributed by atoms with Gasteiger partial charge in [-0.15, -0.1) is 0 Å². The smallest absolute Gasteiger partial charge is 0.356 e. The van der Waals surface area contributed by atoms with E-state index in [1.165, 1.54) is 13.4 Å². The molecule has 2 aromatic heterocycles. The molecule has 2 N–H and O–H groups in total. The molecule has 1 aliphatic heterocycles. The van der Waals surface area contributed by atoms with E-state index in [0.29, 0.717) is 48.5 Å². The van der Waals surface area contributed by atoms with Gasteiger partial charge in [-0.2, -0.15) is 0 Å². The topological polar surface area (TPSA) is 108 Å². The van der Waals surface area contributed by atoms with Crippen LogP contribution in [0.2, 0.25) is 0 Å². The summed E-state index contributed by atoms with van der Waals surface area (Å²) in [6.45, 7) is 3.88. The van der Waals surface area contributed by atoms with Crippen molar-refractivity contribution in [2.45, 2.75) is 13.0 Å². The van der Waals surface area contributed by atoms with Gasteiger partial charge in [0.15, 0.2) is 5.76 Å². The first-order valence-corrected chi connectivity index (χ1v) is 11.0. The summed E-state index contributed by atoms with van der Waals surface area (Å²) >= 11 is 3.43. The van der Waals surface area contributed by atoms with Crippen LogP contribution in [-0.2, 0) is 9.53 Å². The van der Waals surface area contributed by atoms with Crippen LogP contribution in [-0.4, -0.2) is 71.9 Å². The predicted octanol–water partition coefficient (Wildman–Crippen LogP) is 3.10. The summed E-state index contributed by atoms with van der Waals surface area (Å²) in [6.07, 6.45) is 1.47. The Hall–Kier alpha value is -3.11. The van der Waals surface area contributed by atoms with E-state index in [9.17, 15) is 14.4 Å². The van der Waals surface area contributed by atoms with Gasteiger partial charge in [0, 0.05) is 41.6 Å². The van der Waals surface area contributed by atoms with Gasteiger partial charge in [-0.1, -0.05) is 15.9 Å². The van der Waals surface area contributed by atoms with E-state index in [-0.39, 0.29) is 17.5 Å². The quantitative estimate of drug-likeness (QED) is 0.519. The van der Waals surface area contributed by atoms with Gasteiger partial charge in [0.25, 0.3) is 5.91 Å². The number of carbonyl (C=O) groups excluding carboxylic acids is 3. The molecule has 0 bridgehead atoms. The molecule has 3 aromatic rings. The Bertz CT molecular complexity index is 1150. The number of aromatic nitrogens is 1. The number of furan rings is 1. The maximum atomic E-state index is 13.1. The molecule has 0 unspecified atom stereocenters. The fraction of sp³-hybridized carbons (Fsp3) is 0.318. The van der Waals surface area contributed by atoms with Crippen molar-refractivity contribution in [3.63, 3.8) is 0 Å². The molecular weight excluding hydrogens is 480 g/mol. The van der Waals surface area contributed by atoms with Crippen molar-refractivity contribution in [1.29, 1.82) is 0 Å². The number of esters is 1. The molecular formula is C22H23BrN4O5. The molecule has 1 aromatic carbocycles. The van der Waals surface area contributed by atoms with Crippen LogP contribution in [0, 0.1) is 0 Å². The first-order valence-electron chi connectivity index (χ1n) is 10.2. The fourth-order valence-electron chi connectivity index (χ4n) is 3.81. The monoisotopic (exact) mass is 502 g/mol. The Labute approximate surface area is 192 Å². The minimum absolute atomic E-state index is 0.154. The van der Waals surface area contributed by atoms with Gasteiger partial charge in [0.2, 0.25) is 5.91 Å². The molecule has 0 saturated carbocycles. The summed E-state index contributed by atoms with van der Waals surface area (Å²) in [5, 5.41) is 3.60. The Morgan fingerprint density at radius 2 is 1.94 bits per heavy atom. The molecule has 2 amide bonds. The summed E-state index contributed by atoms with van der Waals surface area (Å²) in [5.41, 5.74) is 1.29. The highest BCUT2D eigenvalue weighted by atomic mass is 79.9. The van der Waals surface area contributed by atoms with Gasteiger partial charge >= 0.3 is 5.97 Å². The number of nitrogens with one attached hydrogen (secondary N) is 2. The number of halogens is 1.